The molecule has 0 spiro atoms. The summed E-state index contributed by atoms with van der Waals surface area (Å²) < 4.78 is 5.49. The molecule has 1 amide bonds. The first-order valence-electron chi connectivity index (χ1n) is 9.32. The number of halogens is 1. The Morgan fingerprint density at radius 3 is 2.81 bits per heavy atom. The van der Waals surface area contributed by atoms with Gasteiger partial charge in [0.1, 0.15) is 5.60 Å². The van der Waals surface area contributed by atoms with E-state index in [0.29, 0.717) is 5.92 Å². The summed E-state index contributed by atoms with van der Waals surface area (Å²) in [5, 5.41) is 8.84. The van der Waals surface area contributed by atoms with Gasteiger partial charge in [-0.15, -0.1) is 35.3 Å². The van der Waals surface area contributed by atoms with Crippen LogP contribution >= 0.6 is 35.3 Å². The van der Waals surface area contributed by atoms with Crippen molar-refractivity contribution in [2.45, 2.75) is 45.6 Å². The Morgan fingerprint density at radius 2 is 2.19 bits per heavy atom. The minimum atomic E-state index is -0.448. The average Bonchev–Trinajstić information content (AvgIpc) is 3.10. The van der Waals surface area contributed by atoms with Crippen molar-refractivity contribution in [3.8, 4) is 0 Å². The van der Waals surface area contributed by atoms with Crippen molar-refractivity contribution in [1.82, 2.24) is 15.5 Å². The molecule has 2 N–H and O–H groups in total. The fourth-order valence-electron chi connectivity index (χ4n) is 2.94. The van der Waals surface area contributed by atoms with E-state index in [0.717, 1.165) is 51.4 Å². The zero-order valence-electron chi connectivity index (χ0n) is 16.8. The number of thiophene rings is 1. The Morgan fingerprint density at radius 1 is 1.41 bits per heavy atom. The van der Waals surface area contributed by atoms with Crippen LogP contribution in [0, 0.1) is 5.92 Å². The second-order valence-electron chi connectivity index (χ2n) is 7.64. The summed E-state index contributed by atoms with van der Waals surface area (Å²) in [5.41, 5.74) is -0.448. The summed E-state index contributed by atoms with van der Waals surface area (Å²) in [4.78, 5) is 19.7. The van der Waals surface area contributed by atoms with Gasteiger partial charge in [-0.1, -0.05) is 6.07 Å². The van der Waals surface area contributed by atoms with Gasteiger partial charge in [0.25, 0.3) is 0 Å². The predicted molar refractivity (Wildman–Crippen MR) is 123 cm³/mol. The average molecular weight is 508 g/mol. The molecular formula is C19H33IN4O2S. The maximum Gasteiger partial charge on any atom is 0.410 e. The molecule has 1 fully saturated rings. The van der Waals surface area contributed by atoms with E-state index in [4.69, 9.17) is 4.74 Å². The lowest BCUT2D eigenvalue weighted by atomic mass is 9.98. The van der Waals surface area contributed by atoms with Crippen molar-refractivity contribution in [3.63, 3.8) is 0 Å². The van der Waals surface area contributed by atoms with Gasteiger partial charge in [-0.3, -0.25) is 4.99 Å². The summed E-state index contributed by atoms with van der Waals surface area (Å²) in [6.45, 7) is 8.87. The molecule has 0 aliphatic carbocycles. The van der Waals surface area contributed by atoms with Crippen molar-refractivity contribution in [1.29, 1.82) is 0 Å². The van der Waals surface area contributed by atoms with Crippen LogP contribution in [0.2, 0.25) is 0 Å². The number of aliphatic imine (C=N–C) groups is 1. The Labute approximate surface area is 184 Å². The van der Waals surface area contributed by atoms with E-state index in [1.165, 1.54) is 4.88 Å². The van der Waals surface area contributed by atoms with Crippen LogP contribution < -0.4 is 10.6 Å². The highest BCUT2D eigenvalue weighted by molar-refractivity contribution is 14.0. The molecule has 1 saturated heterocycles. The summed E-state index contributed by atoms with van der Waals surface area (Å²) in [6, 6.07) is 4.22. The highest BCUT2D eigenvalue weighted by Crippen LogP contribution is 2.18. The maximum atomic E-state index is 12.3. The fourth-order valence-corrected chi connectivity index (χ4v) is 3.65. The fraction of sp³-hybridized carbons (Fsp3) is 0.684. The van der Waals surface area contributed by atoms with Gasteiger partial charge in [0, 0.05) is 38.1 Å². The van der Waals surface area contributed by atoms with Crippen LogP contribution in [0.15, 0.2) is 22.5 Å². The van der Waals surface area contributed by atoms with Crippen LogP contribution in [-0.2, 0) is 11.2 Å². The number of amides is 1. The smallest absolute Gasteiger partial charge is 0.410 e. The Bertz CT molecular complexity index is 587. The highest BCUT2D eigenvalue weighted by atomic mass is 127. The Hall–Kier alpha value is -1.03. The van der Waals surface area contributed by atoms with E-state index in [1.54, 1.807) is 18.4 Å². The minimum Gasteiger partial charge on any atom is -0.444 e. The third kappa shape index (κ3) is 9.14. The lowest BCUT2D eigenvalue weighted by Gasteiger charge is -2.34. The van der Waals surface area contributed by atoms with E-state index in [-0.39, 0.29) is 30.1 Å². The summed E-state index contributed by atoms with van der Waals surface area (Å²) in [7, 11) is 1.79. The number of nitrogens with one attached hydrogen (secondary N) is 2. The van der Waals surface area contributed by atoms with Gasteiger partial charge in [0.2, 0.25) is 0 Å². The summed E-state index contributed by atoms with van der Waals surface area (Å²) in [6.07, 6.45) is 2.91. The van der Waals surface area contributed by atoms with Crippen molar-refractivity contribution in [3.05, 3.63) is 22.4 Å². The number of ether oxygens (including phenoxy) is 1. The lowest BCUT2D eigenvalue weighted by Crippen LogP contribution is -2.47. The zero-order chi connectivity index (χ0) is 19.0. The molecular weight excluding hydrogens is 475 g/mol. The van der Waals surface area contributed by atoms with Crippen LogP contribution in [0.1, 0.15) is 38.5 Å². The zero-order valence-corrected chi connectivity index (χ0v) is 19.9. The molecule has 2 heterocycles. The largest absolute Gasteiger partial charge is 0.444 e. The second-order valence-corrected chi connectivity index (χ2v) is 8.68. The molecule has 1 aliphatic heterocycles. The van der Waals surface area contributed by atoms with Gasteiger partial charge < -0.3 is 20.3 Å². The van der Waals surface area contributed by atoms with Crippen LogP contribution in [0.25, 0.3) is 0 Å². The van der Waals surface area contributed by atoms with E-state index >= 15 is 0 Å². The van der Waals surface area contributed by atoms with Crippen LogP contribution in [0.5, 0.6) is 0 Å². The number of hydrogen-bond donors (Lipinski definition) is 2. The second kappa shape index (κ2) is 11.7. The highest BCUT2D eigenvalue weighted by Gasteiger charge is 2.27. The van der Waals surface area contributed by atoms with E-state index in [1.807, 2.05) is 25.7 Å². The maximum absolute atomic E-state index is 12.3. The van der Waals surface area contributed by atoms with Gasteiger partial charge in [-0.25, -0.2) is 4.79 Å². The van der Waals surface area contributed by atoms with Gasteiger partial charge >= 0.3 is 6.09 Å². The first-order chi connectivity index (χ1) is 12.4. The molecule has 0 bridgehead atoms. The SMILES string of the molecule is CN=C(NCCc1cccs1)NCC1CCCN(C(=O)OC(C)(C)C)C1.I. The van der Waals surface area contributed by atoms with Gasteiger partial charge in [-0.05, 0) is 57.4 Å². The van der Waals surface area contributed by atoms with E-state index in [9.17, 15) is 4.79 Å². The molecule has 0 saturated carbocycles. The predicted octanol–water partition coefficient (Wildman–Crippen LogP) is 3.72. The molecule has 154 valence electrons. The van der Waals surface area contributed by atoms with Crippen molar-refractivity contribution in [2.75, 3.05) is 33.2 Å². The quantitative estimate of drug-likeness (QED) is 0.362. The normalized spacial score (nSPS) is 17.9. The third-order valence-electron chi connectivity index (χ3n) is 4.20. The molecule has 1 aromatic rings. The van der Waals surface area contributed by atoms with Crippen molar-refractivity contribution < 1.29 is 9.53 Å². The molecule has 1 aromatic heterocycles. The van der Waals surface area contributed by atoms with Gasteiger partial charge in [0.15, 0.2) is 5.96 Å². The van der Waals surface area contributed by atoms with Gasteiger partial charge in [-0.2, -0.15) is 0 Å². The number of rotatable bonds is 5. The summed E-state index contributed by atoms with van der Waals surface area (Å²) in [5.74, 6) is 1.23. The number of likely N-dealkylation sites (tertiary alicyclic amines) is 1. The Kier molecular flexibility index (Phi) is 10.4. The topological polar surface area (TPSA) is 66.0 Å². The lowest BCUT2D eigenvalue weighted by molar-refractivity contribution is 0.0168. The van der Waals surface area contributed by atoms with Gasteiger partial charge in [0.05, 0.1) is 0 Å². The standard InChI is InChI=1S/C19H32N4O2S.HI/c1-19(2,3)25-18(24)23-11-5-7-15(14-23)13-22-17(20-4)21-10-9-16-8-6-12-26-16;/h6,8,12,15H,5,7,9-11,13-14H2,1-4H3,(H2,20,21,22);1H. The molecule has 27 heavy (non-hydrogen) atoms. The number of guanidine groups is 1. The molecule has 1 atom stereocenters. The van der Waals surface area contributed by atoms with Crippen LogP contribution in [0.4, 0.5) is 4.79 Å². The molecule has 0 aromatic carbocycles. The minimum absolute atomic E-state index is 0. The van der Waals surface area contributed by atoms with E-state index < -0.39 is 5.60 Å². The number of carbonyl (C=O) groups is 1. The number of hydrogen-bond acceptors (Lipinski definition) is 4. The number of piperidine rings is 1. The van der Waals surface area contributed by atoms with Crippen LogP contribution in [-0.4, -0.2) is 55.8 Å². The third-order valence-corrected chi connectivity index (χ3v) is 5.13. The number of nitrogens with zero attached hydrogens (tertiary/aromatic N) is 2. The molecule has 1 aliphatic rings. The first kappa shape index (κ1) is 24.0. The molecule has 0 radical (unpaired) electrons. The first-order valence-corrected chi connectivity index (χ1v) is 10.2. The van der Waals surface area contributed by atoms with Crippen molar-refractivity contribution in [2.24, 2.45) is 10.9 Å². The van der Waals surface area contributed by atoms with E-state index in [2.05, 4.69) is 33.1 Å². The Balaban J connectivity index is 0.00000364. The molecule has 2 rings (SSSR count). The number of carbonyl (C=O) groups excluding carboxylic acids is 1. The van der Waals surface area contributed by atoms with Crippen molar-refractivity contribution >= 4 is 47.4 Å². The summed E-state index contributed by atoms with van der Waals surface area (Å²) >= 11 is 1.78. The monoisotopic (exact) mass is 508 g/mol. The molecule has 8 heteroatoms. The molecule has 1 unspecified atom stereocenters. The van der Waals surface area contributed by atoms with Crippen LogP contribution in [0.3, 0.4) is 0 Å². The molecule has 6 nitrogen and oxygen atoms in total.